The highest BCUT2D eigenvalue weighted by Gasteiger charge is 2.23. The van der Waals surface area contributed by atoms with Crippen molar-refractivity contribution in [3.8, 4) is 0 Å². The fourth-order valence-electron chi connectivity index (χ4n) is 1.85. The molecule has 0 heterocycles. The quantitative estimate of drug-likeness (QED) is 0.711. The van der Waals surface area contributed by atoms with Crippen LogP contribution in [0.4, 0.5) is 5.69 Å². The van der Waals surface area contributed by atoms with Crippen molar-refractivity contribution in [1.82, 2.24) is 4.31 Å². The lowest BCUT2D eigenvalue weighted by Crippen LogP contribution is -2.35. The van der Waals surface area contributed by atoms with Crippen LogP contribution in [0, 0.1) is 0 Å². The monoisotopic (exact) mass is 334 g/mol. The van der Waals surface area contributed by atoms with E-state index < -0.39 is 25.6 Å². The molecular formula is C13H22N2O4S2. The summed E-state index contributed by atoms with van der Waals surface area (Å²) in [6.07, 6.45) is 1.69. The second kappa shape index (κ2) is 7.24. The lowest BCUT2D eigenvalue weighted by Gasteiger charge is -2.21. The van der Waals surface area contributed by atoms with Crippen LogP contribution in [-0.4, -0.2) is 45.4 Å². The number of sulfone groups is 1. The number of sulfonamides is 1. The Bertz CT molecular complexity index is 669. The van der Waals surface area contributed by atoms with Crippen LogP contribution in [0.3, 0.4) is 0 Å². The van der Waals surface area contributed by atoms with Gasteiger partial charge in [-0.3, -0.25) is 0 Å². The van der Waals surface area contributed by atoms with E-state index in [1.165, 1.54) is 4.31 Å². The minimum Gasteiger partial charge on any atom is -0.399 e. The normalized spacial score (nSPS) is 12.7. The van der Waals surface area contributed by atoms with Crippen molar-refractivity contribution < 1.29 is 16.8 Å². The number of rotatable bonds is 8. The average molecular weight is 334 g/mol. The summed E-state index contributed by atoms with van der Waals surface area (Å²) in [6, 6.07) is 7.00. The molecule has 1 aromatic rings. The molecule has 0 radical (unpaired) electrons. The largest absolute Gasteiger partial charge is 0.399 e. The number of benzene rings is 1. The summed E-state index contributed by atoms with van der Waals surface area (Å²) in [7, 11) is -6.93. The summed E-state index contributed by atoms with van der Waals surface area (Å²) in [5.41, 5.74) is 7.04. The van der Waals surface area contributed by atoms with Crippen molar-refractivity contribution in [2.75, 3.05) is 30.0 Å². The van der Waals surface area contributed by atoms with Crippen molar-refractivity contribution in [2.45, 2.75) is 19.9 Å². The number of nitrogen functional groups attached to an aromatic ring is 1. The van der Waals surface area contributed by atoms with Gasteiger partial charge in [-0.15, -0.1) is 0 Å². The molecule has 0 aromatic heterocycles. The Morgan fingerprint density at radius 1 is 1.14 bits per heavy atom. The first-order valence-corrected chi connectivity index (χ1v) is 10.3. The predicted molar refractivity (Wildman–Crippen MR) is 85.1 cm³/mol. The second-order valence-electron chi connectivity index (χ2n) is 5.02. The highest BCUT2D eigenvalue weighted by Crippen LogP contribution is 2.13. The van der Waals surface area contributed by atoms with E-state index in [1.807, 2.05) is 6.92 Å². The third-order valence-electron chi connectivity index (χ3n) is 2.89. The molecule has 0 aliphatic heterocycles. The van der Waals surface area contributed by atoms with Gasteiger partial charge in [-0.1, -0.05) is 19.1 Å². The van der Waals surface area contributed by atoms with Crippen LogP contribution in [-0.2, 0) is 26.4 Å². The molecule has 0 fully saturated rings. The number of hydrogen-bond acceptors (Lipinski definition) is 5. The van der Waals surface area contributed by atoms with Gasteiger partial charge < -0.3 is 5.73 Å². The lowest BCUT2D eigenvalue weighted by molar-refractivity contribution is 0.406. The van der Waals surface area contributed by atoms with E-state index in [-0.39, 0.29) is 12.3 Å². The van der Waals surface area contributed by atoms with Crippen molar-refractivity contribution in [3.05, 3.63) is 29.8 Å². The Morgan fingerprint density at radius 3 is 2.33 bits per heavy atom. The average Bonchev–Trinajstić information content (AvgIpc) is 2.35. The van der Waals surface area contributed by atoms with Crippen LogP contribution >= 0.6 is 0 Å². The first-order chi connectivity index (χ1) is 9.64. The fraction of sp³-hybridized carbons (Fsp3) is 0.538. The molecule has 0 amide bonds. The minimum absolute atomic E-state index is 0.199. The Morgan fingerprint density at radius 2 is 1.81 bits per heavy atom. The van der Waals surface area contributed by atoms with E-state index >= 15 is 0 Å². The summed E-state index contributed by atoms with van der Waals surface area (Å²) >= 11 is 0. The van der Waals surface area contributed by atoms with E-state index in [1.54, 1.807) is 24.3 Å². The molecule has 0 aliphatic rings. The first-order valence-electron chi connectivity index (χ1n) is 6.64. The van der Waals surface area contributed by atoms with E-state index in [0.29, 0.717) is 18.7 Å². The maximum absolute atomic E-state index is 12.3. The number of nitrogens with zero attached hydrogens (tertiary/aromatic N) is 1. The topological polar surface area (TPSA) is 97.5 Å². The van der Waals surface area contributed by atoms with Crippen LogP contribution in [0.1, 0.15) is 18.9 Å². The van der Waals surface area contributed by atoms with Crippen molar-refractivity contribution in [1.29, 1.82) is 0 Å². The van der Waals surface area contributed by atoms with Crippen molar-refractivity contribution in [3.63, 3.8) is 0 Å². The second-order valence-corrected chi connectivity index (χ2v) is 9.37. The Hall–Kier alpha value is -1.12. The van der Waals surface area contributed by atoms with Crippen LogP contribution in [0.5, 0.6) is 0 Å². The Kier molecular flexibility index (Phi) is 6.18. The molecule has 6 nitrogen and oxygen atoms in total. The summed E-state index contributed by atoms with van der Waals surface area (Å²) in [5.74, 6) is -0.763. The zero-order valence-electron chi connectivity index (χ0n) is 12.3. The Labute approximate surface area is 126 Å². The van der Waals surface area contributed by atoms with E-state index in [4.69, 9.17) is 5.73 Å². The van der Waals surface area contributed by atoms with Crippen molar-refractivity contribution >= 4 is 25.5 Å². The molecule has 0 spiro atoms. The van der Waals surface area contributed by atoms with Gasteiger partial charge in [0.15, 0.2) is 0 Å². The summed E-state index contributed by atoms with van der Waals surface area (Å²) < 4.78 is 48.2. The third kappa shape index (κ3) is 6.45. The van der Waals surface area contributed by atoms with Crippen LogP contribution in [0.2, 0.25) is 0 Å². The summed E-state index contributed by atoms with van der Waals surface area (Å²) in [6.45, 7) is 2.42. The molecular weight excluding hydrogens is 312 g/mol. The van der Waals surface area contributed by atoms with E-state index in [2.05, 4.69) is 0 Å². The third-order valence-corrected chi connectivity index (χ3v) is 5.91. The molecule has 0 unspecified atom stereocenters. The standard InChI is InChI=1S/C13H22N2O4S2/c1-3-7-15(11-12-5-4-6-13(14)10-12)21(18,19)9-8-20(2,16)17/h4-6,10H,3,7-9,11,14H2,1-2H3. The van der Waals surface area contributed by atoms with Gasteiger partial charge in [-0.25, -0.2) is 16.8 Å². The maximum atomic E-state index is 12.3. The number of anilines is 1. The number of nitrogens with two attached hydrogens (primary N) is 1. The Balaban J connectivity index is 2.89. The molecule has 0 aliphatic carbocycles. The molecule has 2 N–H and O–H groups in total. The minimum atomic E-state index is -3.62. The fourth-order valence-corrected chi connectivity index (χ4v) is 4.96. The lowest BCUT2D eigenvalue weighted by atomic mass is 10.2. The zero-order chi connectivity index (χ0) is 16.1. The van der Waals surface area contributed by atoms with Gasteiger partial charge in [0.2, 0.25) is 10.0 Å². The van der Waals surface area contributed by atoms with Gasteiger partial charge in [0.25, 0.3) is 0 Å². The molecule has 1 rings (SSSR count). The van der Waals surface area contributed by atoms with Crippen LogP contribution in [0.25, 0.3) is 0 Å². The summed E-state index contributed by atoms with van der Waals surface area (Å²) in [4.78, 5) is 0. The molecule has 120 valence electrons. The molecule has 8 heteroatoms. The van der Waals surface area contributed by atoms with E-state index in [9.17, 15) is 16.8 Å². The molecule has 0 saturated heterocycles. The molecule has 0 saturated carbocycles. The SMILES string of the molecule is CCCN(Cc1cccc(N)c1)S(=O)(=O)CCS(C)(=O)=O. The van der Waals surface area contributed by atoms with Gasteiger partial charge in [-0.2, -0.15) is 4.31 Å². The van der Waals surface area contributed by atoms with Crippen LogP contribution in [0.15, 0.2) is 24.3 Å². The van der Waals surface area contributed by atoms with Gasteiger partial charge in [0.05, 0.1) is 11.5 Å². The molecule has 21 heavy (non-hydrogen) atoms. The van der Waals surface area contributed by atoms with Gasteiger partial charge in [0.1, 0.15) is 9.84 Å². The first kappa shape index (κ1) is 17.9. The highest BCUT2D eigenvalue weighted by molar-refractivity contribution is 7.93. The van der Waals surface area contributed by atoms with Gasteiger partial charge in [0, 0.05) is 25.0 Å². The summed E-state index contributed by atoms with van der Waals surface area (Å²) in [5, 5.41) is 0. The maximum Gasteiger partial charge on any atom is 0.215 e. The van der Waals surface area contributed by atoms with Crippen LogP contribution < -0.4 is 5.73 Å². The van der Waals surface area contributed by atoms with E-state index in [0.717, 1.165) is 11.8 Å². The predicted octanol–water partition coefficient (Wildman–Crippen LogP) is 0.855. The van der Waals surface area contributed by atoms with Gasteiger partial charge in [-0.05, 0) is 24.1 Å². The molecule has 0 bridgehead atoms. The number of hydrogen-bond donors (Lipinski definition) is 1. The smallest absolute Gasteiger partial charge is 0.215 e. The van der Waals surface area contributed by atoms with Gasteiger partial charge >= 0.3 is 0 Å². The highest BCUT2D eigenvalue weighted by atomic mass is 32.2. The van der Waals surface area contributed by atoms with Crippen molar-refractivity contribution in [2.24, 2.45) is 0 Å². The zero-order valence-corrected chi connectivity index (χ0v) is 14.0. The molecule has 0 atom stereocenters. The molecule has 1 aromatic carbocycles.